The van der Waals surface area contributed by atoms with Crippen molar-refractivity contribution in [2.24, 2.45) is 0 Å². The van der Waals surface area contributed by atoms with Gasteiger partial charge in [0.2, 0.25) is 0 Å². The van der Waals surface area contributed by atoms with E-state index in [1.165, 1.54) is 38.5 Å². The molecular weight excluding hydrogens is 744 g/mol. The molecule has 0 N–H and O–H groups in total. The van der Waals surface area contributed by atoms with Crippen LogP contribution < -0.4 is 20.4 Å². The van der Waals surface area contributed by atoms with Crippen LogP contribution in [0.3, 0.4) is 0 Å². The van der Waals surface area contributed by atoms with Crippen LogP contribution in [0.25, 0.3) is 0 Å². The summed E-state index contributed by atoms with van der Waals surface area (Å²) >= 11 is 0. The van der Waals surface area contributed by atoms with Gasteiger partial charge in [-0.1, -0.05) is 78.1 Å². The van der Waals surface area contributed by atoms with Gasteiger partial charge in [-0.25, -0.2) is 8.37 Å². The maximum absolute atomic E-state index is 11.5. The zero-order chi connectivity index (χ0) is 29.0. The van der Waals surface area contributed by atoms with Gasteiger partial charge in [-0.05, 0) is 38.5 Å². The molecule has 0 atom stereocenters. The minimum Gasteiger partial charge on any atom is -0.550 e. The minimum absolute atomic E-state index is 0. The van der Waals surface area contributed by atoms with E-state index in [0.717, 1.165) is 38.5 Å². The second-order valence-corrected chi connectivity index (χ2v) is 9.36. The van der Waals surface area contributed by atoms with Gasteiger partial charge >= 0.3 is 50.3 Å². The number of aliphatic carboxylic acids is 4. The minimum atomic E-state index is -3.78. The average Bonchev–Trinajstić information content (AvgIpc) is 2.81. The number of hydrogen-bond acceptors (Lipinski definition) is 12. The van der Waals surface area contributed by atoms with Crippen LogP contribution in [0.15, 0.2) is 0 Å². The molecule has 12 nitrogen and oxygen atoms in total. The topological polar surface area (TPSA) is 213 Å². The Labute approximate surface area is 258 Å². The molecule has 0 saturated carbocycles. The normalized spacial score (nSPS) is 10.2. The maximum atomic E-state index is 11.5. The number of carboxylic acids is 4. The summed E-state index contributed by atoms with van der Waals surface area (Å²) in [5.74, 6) is -5.47. The van der Waals surface area contributed by atoms with Crippen molar-refractivity contribution in [3.63, 3.8) is 0 Å². The van der Waals surface area contributed by atoms with Gasteiger partial charge in [0, 0.05) is 23.9 Å². The Morgan fingerprint density at radius 2 is 0.737 bits per heavy atom. The van der Waals surface area contributed by atoms with E-state index in [-0.39, 0.29) is 53.2 Å². The fraction of sp³-hybridized carbons (Fsp3) is 0.833. The van der Waals surface area contributed by atoms with E-state index in [1.807, 2.05) is 0 Å². The second-order valence-electron chi connectivity index (χ2n) is 8.08. The number of hydrogen-bond donors (Lipinski definition) is 0. The van der Waals surface area contributed by atoms with Crippen LogP contribution in [0, 0.1) is 39.9 Å². The SMILES string of the molecule is CCCCCCCCOS(=O)(=O)OCCCCCCCC.O=C([O-])CCC(=O)[O-].O=C([O-])CCC(=O)[O-].[Th+4]. The van der Waals surface area contributed by atoms with Gasteiger partial charge < -0.3 is 39.6 Å². The predicted molar refractivity (Wildman–Crippen MR) is 126 cm³/mol. The zero-order valence-corrected chi connectivity index (χ0v) is 27.5. The third-order valence-corrected chi connectivity index (χ3v) is 5.43. The third kappa shape index (κ3) is 48.2. The second kappa shape index (κ2) is 32.3. The Kier molecular flexibility index (Phi) is 37.5. The number of carbonyl (C=O) groups excluding carboxylic acids is 4. The van der Waals surface area contributed by atoms with Gasteiger partial charge in [0.15, 0.2) is 0 Å². The van der Waals surface area contributed by atoms with E-state index in [0.29, 0.717) is 0 Å². The van der Waals surface area contributed by atoms with Gasteiger partial charge in [-0.2, -0.15) is 8.42 Å². The summed E-state index contributed by atoms with van der Waals surface area (Å²) < 4.78 is 32.6. The summed E-state index contributed by atoms with van der Waals surface area (Å²) in [6, 6.07) is 0. The van der Waals surface area contributed by atoms with E-state index in [9.17, 15) is 48.0 Å². The van der Waals surface area contributed by atoms with Crippen LogP contribution in [-0.2, 0) is 37.9 Å². The van der Waals surface area contributed by atoms with Crippen LogP contribution in [-0.4, -0.2) is 45.5 Å². The molecular formula is C24H42O12STh. The van der Waals surface area contributed by atoms with Crippen LogP contribution >= 0.6 is 0 Å². The molecule has 0 aromatic rings. The molecule has 38 heavy (non-hydrogen) atoms. The average molecular weight is 787 g/mol. The standard InChI is InChI=1S/C16H34O4S.2C4H6O4.Th/c1-3-5-7-9-11-13-15-19-21(17,18)20-16-14-12-10-8-6-4-2;2*5-3(6)1-2-4(7)8;/h3-16H2,1-2H3;2*1-2H2,(H,5,6)(H,7,8);/q;;;+4/p-4. The van der Waals surface area contributed by atoms with Crippen molar-refractivity contribution in [3.05, 3.63) is 0 Å². The molecule has 0 radical (unpaired) electrons. The molecule has 0 saturated heterocycles. The molecule has 0 aliphatic heterocycles. The van der Waals surface area contributed by atoms with Gasteiger partial charge in [0.05, 0.1) is 13.2 Å². The summed E-state index contributed by atoms with van der Waals surface area (Å²) in [6.45, 7) is 4.84. The molecule has 14 heteroatoms. The van der Waals surface area contributed by atoms with Gasteiger partial charge in [0.1, 0.15) is 0 Å². The molecule has 0 rings (SSSR count). The number of carboxylic acid groups (broad SMARTS) is 4. The van der Waals surface area contributed by atoms with Crippen molar-refractivity contribution >= 4 is 34.3 Å². The molecule has 0 bridgehead atoms. The predicted octanol–water partition coefficient (Wildman–Crippen LogP) is -0.482. The molecule has 0 unspecified atom stereocenters. The molecule has 0 heterocycles. The smallest absolute Gasteiger partial charge is 0.550 e. The van der Waals surface area contributed by atoms with E-state index >= 15 is 0 Å². The molecule has 0 aliphatic rings. The quantitative estimate of drug-likeness (QED) is 0.127. The molecule has 0 aliphatic carbocycles. The Bertz CT molecular complexity index is 619. The van der Waals surface area contributed by atoms with E-state index < -0.39 is 60.0 Å². The first-order chi connectivity index (χ1) is 17.4. The van der Waals surface area contributed by atoms with Crippen LogP contribution in [0.2, 0.25) is 0 Å². The van der Waals surface area contributed by atoms with Crippen LogP contribution in [0.5, 0.6) is 0 Å². The molecule has 0 amide bonds. The summed E-state index contributed by atoms with van der Waals surface area (Å²) in [7, 11) is -3.78. The largest absolute Gasteiger partial charge is 4.00 e. The zero-order valence-electron chi connectivity index (χ0n) is 22.5. The summed E-state index contributed by atoms with van der Waals surface area (Å²) in [4.78, 5) is 38.0. The first-order valence-corrected chi connectivity index (χ1v) is 14.0. The van der Waals surface area contributed by atoms with Crippen molar-refractivity contribution in [1.82, 2.24) is 0 Å². The number of rotatable bonds is 22. The molecule has 0 aromatic carbocycles. The fourth-order valence-electron chi connectivity index (χ4n) is 2.53. The van der Waals surface area contributed by atoms with Crippen LogP contribution in [0.4, 0.5) is 0 Å². The summed E-state index contributed by atoms with van der Waals surface area (Å²) in [6.07, 6.45) is 11.4. The van der Waals surface area contributed by atoms with Crippen molar-refractivity contribution in [1.29, 1.82) is 0 Å². The van der Waals surface area contributed by atoms with Gasteiger partial charge in [-0.15, -0.1) is 0 Å². The van der Waals surface area contributed by atoms with Crippen molar-refractivity contribution in [2.75, 3.05) is 13.2 Å². The van der Waals surface area contributed by atoms with Crippen molar-refractivity contribution in [2.45, 2.75) is 117 Å². The summed E-state index contributed by atoms with van der Waals surface area (Å²) in [5.41, 5.74) is 0. The Morgan fingerprint density at radius 3 is 0.974 bits per heavy atom. The Morgan fingerprint density at radius 1 is 0.500 bits per heavy atom. The van der Waals surface area contributed by atoms with Crippen molar-refractivity contribution in [3.8, 4) is 0 Å². The maximum Gasteiger partial charge on any atom is 4.00 e. The Hall–Kier alpha value is -0.925. The summed E-state index contributed by atoms with van der Waals surface area (Å²) in [5, 5.41) is 38.0. The fourth-order valence-corrected chi connectivity index (χ4v) is 3.24. The Balaban J connectivity index is -0.000000279. The first-order valence-electron chi connectivity index (χ1n) is 12.7. The van der Waals surface area contributed by atoms with Gasteiger partial charge in [-0.3, -0.25) is 0 Å². The number of carbonyl (C=O) groups is 4. The number of unbranched alkanes of at least 4 members (excludes halogenated alkanes) is 10. The van der Waals surface area contributed by atoms with E-state index in [4.69, 9.17) is 8.37 Å². The molecule has 220 valence electrons. The van der Waals surface area contributed by atoms with E-state index in [2.05, 4.69) is 13.8 Å². The molecule has 0 aromatic heterocycles. The molecule has 0 fully saturated rings. The third-order valence-electron chi connectivity index (χ3n) is 4.52. The first kappa shape index (κ1) is 44.1. The molecule has 0 spiro atoms. The van der Waals surface area contributed by atoms with Gasteiger partial charge in [0.25, 0.3) is 0 Å². The van der Waals surface area contributed by atoms with E-state index in [1.54, 1.807) is 0 Å². The monoisotopic (exact) mass is 786 g/mol. The van der Waals surface area contributed by atoms with Crippen molar-refractivity contribution < 1.29 is 96.3 Å². The van der Waals surface area contributed by atoms with Crippen LogP contribution in [0.1, 0.15) is 117 Å².